The standard InChI is InChI=1S/C33H65IO15/c1-36-33(35)32-49-31-30-48-29-28-47-27-26-46-25-24-45-23-22-44-21-20-43-19-18-42-17-16-41-15-14-40-13-12-39-11-10-38-9-8-37-7-5-3-2-4-6-34/h2-32H2,1H3. The van der Waals surface area contributed by atoms with Crippen molar-refractivity contribution in [2.75, 3.05) is 183 Å². The van der Waals surface area contributed by atoms with Crippen LogP contribution in [0, 0.1) is 0 Å². The van der Waals surface area contributed by atoms with Crippen LogP contribution in [0.1, 0.15) is 25.7 Å². The van der Waals surface area contributed by atoms with Gasteiger partial charge in [0.15, 0.2) is 0 Å². The van der Waals surface area contributed by atoms with Crippen LogP contribution >= 0.6 is 22.6 Å². The van der Waals surface area contributed by atoms with E-state index in [2.05, 4.69) is 27.3 Å². The first-order chi connectivity index (χ1) is 24.3. The fraction of sp³-hybridized carbons (Fsp3) is 0.970. The molecule has 294 valence electrons. The minimum absolute atomic E-state index is 0.0705. The summed E-state index contributed by atoms with van der Waals surface area (Å²) in [6.45, 7) is 12.8. The second-order valence-electron chi connectivity index (χ2n) is 10.1. The van der Waals surface area contributed by atoms with Crippen LogP contribution in [0.4, 0.5) is 0 Å². The van der Waals surface area contributed by atoms with Crippen LogP contribution < -0.4 is 0 Å². The molecule has 0 fully saturated rings. The molecule has 0 aliphatic heterocycles. The second-order valence-corrected chi connectivity index (χ2v) is 11.2. The van der Waals surface area contributed by atoms with Crippen molar-refractivity contribution >= 4 is 28.6 Å². The third-order valence-corrected chi connectivity index (χ3v) is 6.85. The van der Waals surface area contributed by atoms with E-state index in [1.54, 1.807) is 0 Å². The fourth-order valence-electron chi connectivity index (χ4n) is 3.51. The lowest BCUT2D eigenvalue weighted by Gasteiger charge is -2.09. The zero-order valence-electron chi connectivity index (χ0n) is 29.9. The molecule has 0 spiro atoms. The summed E-state index contributed by atoms with van der Waals surface area (Å²) >= 11 is 2.42. The van der Waals surface area contributed by atoms with Gasteiger partial charge in [0.05, 0.1) is 166 Å². The molecule has 0 aromatic rings. The number of hydrogen-bond acceptors (Lipinski definition) is 15. The Balaban J connectivity index is 3.05. The van der Waals surface area contributed by atoms with Gasteiger partial charge >= 0.3 is 5.97 Å². The highest BCUT2D eigenvalue weighted by molar-refractivity contribution is 14.1. The quantitative estimate of drug-likeness (QED) is 0.0383. The Kier molecular flexibility index (Phi) is 45.4. The molecule has 0 saturated heterocycles. The monoisotopic (exact) mass is 828 g/mol. The van der Waals surface area contributed by atoms with Crippen molar-refractivity contribution in [2.45, 2.75) is 25.7 Å². The number of ether oxygens (including phenoxy) is 14. The first kappa shape index (κ1) is 48.7. The average molecular weight is 829 g/mol. The molecular weight excluding hydrogens is 763 g/mol. The average Bonchev–Trinajstić information content (AvgIpc) is 3.11. The molecule has 16 heteroatoms. The normalized spacial score (nSPS) is 11.5. The summed E-state index contributed by atoms with van der Waals surface area (Å²) in [7, 11) is 1.32. The molecule has 15 nitrogen and oxygen atoms in total. The van der Waals surface area contributed by atoms with Gasteiger partial charge in [0.25, 0.3) is 0 Å². The molecule has 0 rings (SSSR count). The van der Waals surface area contributed by atoms with Crippen LogP contribution in [0.25, 0.3) is 0 Å². The largest absolute Gasteiger partial charge is 0.467 e. The topological polar surface area (TPSA) is 146 Å². The molecule has 0 heterocycles. The highest BCUT2D eigenvalue weighted by Gasteiger charge is 2.00. The second kappa shape index (κ2) is 45.7. The lowest BCUT2D eigenvalue weighted by Crippen LogP contribution is -2.16. The van der Waals surface area contributed by atoms with Crippen LogP contribution in [-0.4, -0.2) is 189 Å². The number of carbonyl (C=O) groups is 1. The van der Waals surface area contributed by atoms with E-state index in [-0.39, 0.29) is 6.61 Å². The molecule has 0 amide bonds. The minimum Gasteiger partial charge on any atom is -0.467 e. The highest BCUT2D eigenvalue weighted by atomic mass is 127. The summed E-state index contributed by atoms with van der Waals surface area (Å²) in [4.78, 5) is 10.9. The van der Waals surface area contributed by atoms with E-state index in [0.29, 0.717) is 159 Å². The molecule has 0 radical (unpaired) electrons. The Bertz CT molecular complexity index is 625. The molecule has 0 N–H and O–H groups in total. The van der Waals surface area contributed by atoms with Gasteiger partial charge in [-0.1, -0.05) is 35.4 Å². The number of rotatable bonds is 44. The van der Waals surface area contributed by atoms with E-state index in [1.165, 1.54) is 30.8 Å². The summed E-state index contributed by atoms with van der Waals surface area (Å²) in [6.07, 6.45) is 4.96. The van der Waals surface area contributed by atoms with Crippen molar-refractivity contribution in [3.05, 3.63) is 0 Å². The zero-order valence-corrected chi connectivity index (χ0v) is 32.1. The smallest absolute Gasteiger partial charge is 0.331 e. The maximum Gasteiger partial charge on any atom is 0.331 e. The van der Waals surface area contributed by atoms with Gasteiger partial charge in [-0.05, 0) is 17.3 Å². The Labute approximate surface area is 307 Å². The van der Waals surface area contributed by atoms with E-state index in [4.69, 9.17) is 61.6 Å². The number of alkyl halides is 1. The summed E-state index contributed by atoms with van der Waals surface area (Å²) in [6, 6.07) is 0. The van der Waals surface area contributed by atoms with Crippen molar-refractivity contribution in [3.63, 3.8) is 0 Å². The first-order valence-electron chi connectivity index (χ1n) is 17.4. The maximum absolute atomic E-state index is 10.9. The fourth-order valence-corrected chi connectivity index (χ4v) is 4.04. The van der Waals surface area contributed by atoms with Crippen molar-refractivity contribution in [2.24, 2.45) is 0 Å². The van der Waals surface area contributed by atoms with Crippen molar-refractivity contribution in [1.29, 1.82) is 0 Å². The van der Waals surface area contributed by atoms with Crippen molar-refractivity contribution in [3.8, 4) is 0 Å². The number of hydrogen-bond donors (Lipinski definition) is 0. The molecule has 0 aliphatic carbocycles. The first-order valence-corrected chi connectivity index (χ1v) is 19.0. The van der Waals surface area contributed by atoms with Crippen LogP contribution in [0.5, 0.6) is 0 Å². The van der Waals surface area contributed by atoms with Gasteiger partial charge in [0, 0.05) is 6.61 Å². The maximum atomic E-state index is 10.9. The van der Waals surface area contributed by atoms with Gasteiger partial charge in [-0.2, -0.15) is 0 Å². The third kappa shape index (κ3) is 45.7. The molecule has 49 heavy (non-hydrogen) atoms. The lowest BCUT2D eigenvalue weighted by atomic mass is 10.2. The molecular formula is C33H65IO15. The minimum atomic E-state index is -0.408. The molecule has 0 saturated carbocycles. The summed E-state index contributed by atoms with van der Waals surface area (Å²) in [5.41, 5.74) is 0. The highest BCUT2D eigenvalue weighted by Crippen LogP contribution is 2.02. The van der Waals surface area contributed by atoms with Gasteiger partial charge in [0.2, 0.25) is 0 Å². The van der Waals surface area contributed by atoms with Gasteiger partial charge in [0.1, 0.15) is 6.61 Å². The molecule has 0 atom stereocenters. The summed E-state index contributed by atoms with van der Waals surface area (Å²) in [5, 5.41) is 0. The summed E-state index contributed by atoms with van der Waals surface area (Å²) in [5.74, 6) is -0.408. The molecule has 0 bridgehead atoms. The van der Waals surface area contributed by atoms with Crippen molar-refractivity contribution in [1.82, 2.24) is 0 Å². The van der Waals surface area contributed by atoms with Gasteiger partial charge in [-0.25, -0.2) is 4.79 Å². The van der Waals surface area contributed by atoms with Gasteiger partial charge < -0.3 is 66.3 Å². The van der Waals surface area contributed by atoms with Gasteiger partial charge in [-0.3, -0.25) is 0 Å². The van der Waals surface area contributed by atoms with Crippen LogP contribution in [0.15, 0.2) is 0 Å². The van der Waals surface area contributed by atoms with Crippen LogP contribution in [0.3, 0.4) is 0 Å². The molecule has 0 aromatic carbocycles. The third-order valence-electron chi connectivity index (χ3n) is 6.08. The number of esters is 1. The van der Waals surface area contributed by atoms with E-state index in [9.17, 15) is 4.79 Å². The Morgan fingerprint density at radius 3 is 0.796 bits per heavy atom. The predicted molar refractivity (Wildman–Crippen MR) is 190 cm³/mol. The number of methoxy groups -OCH3 is 1. The number of halogens is 1. The Morgan fingerprint density at radius 2 is 0.551 bits per heavy atom. The molecule has 0 aliphatic rings. The van der Waals surface area contributed by atoms with E-state index in [1.807, 2.05) is 0 Å². The van der Waals surface area contributed by atoms with E-state index in [0.717, 1.165) is 13.0 Å². The van der Waals surface area contributed by atoms with E-state index >= 15 is 0 Å². The predicted octanol–water partition coefficient (Wildman–Crippen LogP) is 2.37. The Hall–Kier alpha value is -0.320. The SMILES string of the molecule is COC(=O)COCCOCCOCCOCCOCCOCCOCCOCCOCCOCCOCCOCCOCCCCCCI. The van der Waals surface area contributed by atoms with Crippen LogP contribution in [-0.2, 0) is 71.1 Å². The van der Waals surface area contributed by atoms with Crippen LogP contribution in [0.2, 0.25) is 0 Å². The molecule has 0 aromatic heterocycles. The number of carbonyl (C=O) groups excluding carboxylic acids is 1. The lowest BCUT2D eigenvalue weighted by molar-refractivity contribution is -0.146. The van der Waals surface area contributed by atoms with Gasteiger partial charge in [-0.15, -0.1) is 0 Å². The summed E-state index contributed by atoms with van der Waals surface area (Å²) < 4.78 is 76.4. The zero-order chi connectivity index (χ0) is 35.4. The van der Waals surface area contributed by atoms with Crippen molar-refractivity contribution < 1.29 is 71.1 Å². The number of unbranched alkanes of at least 4 members (excludes halogenated alkanes) is 3. The molecule has 0 unspecified atom stereocenters. The Morgan fingerprint density at radius 1 is 0.327 bits per heavy atom. The van der Waals surface area contributed by atoms with E-state index < -0.39 is 5.97 Å².